The first-order valence-corrected chi connectivity index (χ1v) is 17.6. The maximum Gasteiger partial charge on any atom is 0.415 e. The maximum atomic E-state index is 15.3. The van der Waals surface area contributed by atoms with Crippen molar-refractivity contribution in [1.82, 2.24) is 29.8 Å². The maximum absolute atomic E-state index is 15.3. The Morgan fingerprint density at radius 1 is 1.15 bits per heavy atom. The summed E-state index contributed by atoms with van der Waals surface area (Å²) < 4.78 is 28.1. The monoisotopic (exact) mass is 563 g/mol. The number of carbonyl (C=O) groups excluding carboxylic acids is 1. The van der Waals surface area contributed by atoms with Gasteiger partial charge in [0.2, 0.25) is 0 Å². The molecular formula is C28H34FN7O3Si. The Morgan fingerprint density at radius 3 is 2.75 bits per heavy atom. The number of nitrogens with one attached hydrogen (secondary N) is 1. The molecule has 3 aromatic heterocycles. The normalized spacial score (nSPS) is 18.2. The largest absolute Gasteiger partial charge is 0.447 e. The number of aromatic amines is 1. The van der Waals surface area contributed by atoms with E-state index in [1.54, 1.807) is 33.9 Å². The zero-order chi connectivity index (χ0) is 27.9. The molecule has 210 valence electrons. The first kappa shape index (κ1) is 26.6. The minimum absolute atomic E-state index is 0.0226. The number of benzene rings is 1. The van der Waals surface area contributed by atoms with Gasteiger partial charge < -0.3 is 9.47 Å². The van der Waals surface area contributed by atoms with Crippen LogP contribution in [0.3, 0.4) is 0 Å². The Bertz CT molecular complexity index is 1530. The van der Waals surface area contributed by atoms with Gasteiger partial charge in [0.15, 0.2) is 17.3 Å². The zero-order valence-electron chi connectivity index (χ0n) is 23.1. The molecule has 1 amide bonds. The second-order valence-corrected chi connectivity index (χ2v) is 17.5. The van der Waals surface area contributed by atoms with Gasteiger partial charge in [-0.2, -0.15) is 10.2 Å². The average Bonchev–Trinajstić information content (AvgIpc) is 3.72. The number of fused-ring (bicyclic) bond motifs is 1. The highest BCUT2D eigenvalue weighted by molar-refractivity contribution is 6.76. The van der Waals surface area contributed by atoms with Gasteiger partial charge >= 0.3 is 6.09 Å². The summed E-state index contributed by atoms with van der Waals surface area (Å²) in [5.74, 6) is 1.32. The molecule has 4 aromatic rings. The Morgan fingerprint density at radius 2 is 1.98 bits per heavy atom. The molecule has 0 unspecified atom stereocenters. The van der Waals surface area contributed by atoms with Crippen LogP contribution in [-0.4, -0.2) is 63.2 Å². The number of amides is 1. The lowest BCUT2D eigenvalue weighted by Gasteiger charge is -2.25. The summed E-state index contributed by atoms with van der Waals surface area (Å²) in [6.07, 6.45) is 7.56. The van der Waals surface area contributed by atoms with E-state index in [-0.39, 0.29) is 18.7 Å². The van der Waals surface area contributed by atoms with Crippen molar-refractivity contribution in [3.63, 3.8) is 0 Å². The van der Waals surface area contributed by atoms with Crippen LogP contribution in [0.5, 0.6) is 0 Å². The van der Waals surface area contributed by atoms with Gasteiger partial charge in [0, 0.05) is 26.4 Å². The average molecular weight is 564 g/mol. The van der Waals surface area contributed by atoms with Crippen LogP contribution in [0, 0.1) is 11.7 Å². The fraction of sp³-hybridized carbons (Fsp3) is 0.464. The highest BCUT2D eigenvalue weighted by Gasteiger charge is 2.41. The van der Waals surface area contributed by atoms with E-state index in [1.165, 1.54) is 18.9 Å². The van der Waals surface area contributed by atoms with Crippen molar-refractivity contribution in [3.05, 3.63) is 48.3 Å². The third-order valence-corrected chi connectivity index (χ3v) is 9.45. The summed E-state index contributed by atoms with van der Waals surface area (Å²) in [5, 5.41) is 11.4. The van der Waals surface area contributed by atoms with Crippen molar-refractivity contribution in [2.45, 2.75) is 64.0 Å². The first-order chi connectivity index (χ1) is 19.3. The molecule has 40 heavy (non-hydrogen) atoms. The lowest BCUT2D eigenvalue weighted by molar-refractivity contribution is 0.127. The summed E-state index contributed by atoms with van der Waals surface area (Å²) in [4.78, 5) is 23.6. The van der Waals surface area contributed by atoms with Crippen molar-refractivity contribution >= 4 is 25.6 Å². The van der Waals surface area contributed by atoms with E-state index in [9.17, 15) is 4.79 Å². The topological polar surface area (TPSA) is 111 Å². The quantitative estimate of drug-likeness (QED) is 0.206. The molecule has 1 saturated carbocycles. The predicted octanol–water partition coefficient (Wildman–Crippen LogP) is 5.69. The molecule has 6 rings (SSSR count). The van der Waals surface area contributed by atoms with E-state index >= 15 is 4.39 Å². The smallest absolute Gasteiger partial charge is 0.415 e. The Kier molecular flexibility index (Phi) is 7.13. The van der Waals surface area contributed by atoms with Gasteiger partial charge in [-0.1, -0.05) is 38.5 Å². The molecule has 4 heterocycles. The molecule has 0 bridgehead atoms. The molecule has 1 saturated heterocycles. The molecule has 0 radical (unpaired) electrons. The standard InChI is InChI=1S/C28H34FN7O3Si/c1-40(2,3)13-12-38-17-24-31-26(34-33-24)20-9-8-19(14-22(20)29)21-15-30-35-11-10-25(32-27(21)35)36-23(16-39-28(36)37)18-6-4-5-7-18/h8-11,14-15,18,23H,4-7,12-13,16-17H2,1-3H3,(H,31,33,34)/t23-/m1/s1. The van der Waals surface area contributed by atoms with Crippen LogP contribution in [0.1, 0.15) is 31.5 Å². The molecule has 10 nitrogen and oxygen atoms in total. The summed E-state index contributed by atoms with van der Waals surface area (Å²) >= 11 is 0. The summed E-state index contributed by atoms with van der Waals surface area (Å²) in [7, 11) is -1.17. The Hall–Kier alpha value is -3.64. The number of carbonyl (C=O) groups is 1. The van der Waals surface area contributed by atoms with Crippen LogP contribution in [0.25, 0.3) is 28.2 Å². The number of anilines is 1. The lowest BCUT2D eigenvalue weighted by atomic mass is 9.98. The second kappa shape index (κ2) is 10.7. The van der Waals surface area contributed by atoms with Gasteiger partial charge in [-0.3, -0.25) is 10.00 Å². The lowest BCUT2D eigenvalue weighted by Crippen LogP contribution is -2.38. The van der Waals surface area contributed by atoms with Gasteiger partial charge in [0.1, 0.15) is 24.8 Å². The van der Waals surface area contributed by atoms with Crippen LogP contribution in [-0.2, 0) is 16.1 Å². The van der Waals surface area contributed by atoms with Gasteiger partial charge in [-0.25, -0.2) is 23.7 Å². The molecular weight excluding hydrogens is 529 g/mol. The van der Waals surface area contributed by atoms with Crippen LogP contribution >= 0.6 is 0 Å². The molecule has 1 atom stereocenters. The molecule has 12 heteroatoms. The summed E-state index contributed by atoms with van der Waals surface area (Å²) in [5.41, 5.74) is 2.12. The molecule has 0 spiro atoms. The number of halogens is 1. The predicted molar refractivity (Wildman–Crippen MR) is 151 cm³/mol. The van der Waals surface area contributed by atoms with Crippen LogP contribution in [0.15, 0.2) is 36.7 Å². The number of hydrogen-bond acceptors (Lipinski definition) is 7. The van der Waals surface area contributed by atoms with Gasteiger partial charge in [-0.15, -0.1) is 0 Å². The van der Waals surface area contributed by atoms with E-state index in [2.05, 4.69) is 39.9 Å². The summed E-state index contributed by atoms with van der Waals surface area (Å²) in [6, 6.07) is 7.73. The molecule has 1 N–H and O–H groups in total. The van der Waals surface area contributed by atoms with Crippen molar-refractivity contribution in [2.24, 2.45) is 5.92 Å². The third-order valence-electron chi connectivity index (χ3n) is 7.75. The number of hydrogen-bond donors (Lipinski definition) is 1. The highest BCUT2D eigenvalue weighted by Crippen LogP contribution is 2.36. The van der Waals surface area contributed by atoms with Crippen molar-refractivity contribution in [2.75, 3.05) is 18.1 Å². The Labute approximate surface area is 232 Å². The fourth-order valence-corrected chi connectivity index (χ4v) is 6.24. The number of ether oxygens (including phenoxy) is 2. The number of nitrogens with zero attached hydrogens (tertiary/aromatic N) is 6. The van der Waals surface area contributed by atoms with E-state index < -0.39 is 13.9 Å². The highest BCUT2D eigenvalue weighted by atomic mass is 28.3. The molecule has 1 aliphatic carbocycles. The number of rotatable bonds is 9. The molecule has 2 aliphatic rings. The SMILES string of the molecule is C[Si](C)(C)CCOCc1n[nH]c(-c2ccc(-c3cnn4ccc(N5C(=O)OC[C@@H]5C5CCCC5)nc34)cc2F)n1. The van der Waals surface area contributed by atoms with E-state index in [1.807, 2.05) is 6.07 Å². The molecule has 2 fully saturated rings. The van der Waals surface area contributed by atoms with Crippen LogP contribution in [0.2, 0.25) is 25.7 Å². The van der Waals surface area contributed by atoms with Crippen molar-refractivity contribution in [1.29, 1.82) is 0 Å². The number of aromatic nitrogens is 6. The summed E-state index contributed by atoms with van der Waals surface area (Å²) in [6.45, 7) is 8.22. The van der Waals surface area contributed by atoms with Crippen LogP contribution < -0.4 is 4.90 Å². The molecule has 1 aliphatic heterocycles. The van der Waals surface area contributed by atoms with Gasteiger partial charge in [-0.05, 0) is 48.6 Å². The first-order valence-electron chi connectivity index (χ1n) is 13.9. The zero-order valence-corrected chi connectivity index (χ0v) is 24.1. The van der Waals surface area contributed by atoms with E-state index in [0.29, 0.717) is 58.9 Å². The fourth-order valence-electron chi connectivity index (χ4n) is 5.48. The Balaban J connectivity index is 1.22. The van der Waals surface area contributed by atoms with Crippen LogP contribution in [0.4, 0.5) is 15.0 Å². The van der Waals surface area contributed by atoms with E-state index in [4.69, 9.17) is 14.5 Å². The third kappa shape index (κ3) is 5.37. The van der Waals surface area contributed by atoms with Gasteiger partial charge in [0.05, 0.1) is 17.8 Å². The minimum atomic E-state index is -1.17. The van der Waals surface area contributed by atoms with Crippen molar-refractivity contribution < 1.29 is 18.7 Å². The van der Waals surface area contributed by atoms with Gasteiger partial charge in [0.25, 0.3) is 0 Å². The number of H-pyrrole nitrogens is 1. The minimum Gasteiger partial charge on any atom is -0.447 e. The molecule has 1 aromatic carbocycles. The second-order valence-electron chi connectivity index (χ2n) is 11.8. The number of cyclic esters (lactones) is 1. The van der Waals surface area contributed by atoms with E-state index in [0.717, 1.165) is 18.9 Å². The van der Waals surface area contributed by atoms with Crippen molar-refractivity contribution in [3.8, 4) is 22.5 Å².